The van der Waals surface area contributed by atoms with Crippen LogP contribution in [0.3, 0.4) is 0 Å². The summed E-state index contributed by atoms with van der Waals surface area (Å²) in [5.41, 5.74) is 1.67. The van der Waals surface area contributed by atoms with Crippen molar-refractivity contribution >= 4 is 12.4 Å². The molecule has 0 saturated heterocycles. The van der Waals surface area contributed by atoms with Crippen LogP contribution in [-0.4, -0.2) is 6.54 Å². The molecule has 0 aromatic heterocycles. The summed E-state index contributed by atoms with van der Waals surface area (Å²) in [6, 6.07) is 6.71. The fraction of sp³-hybridized carbons (Fsp3) is 0.538. The summed E-state index contributed by atoms with van der Waals surface area (Å²) in [7, 11) is 0. The topological polar surface area (TPSA) is 12.0 Å². The number of hydrogen-bond donors (Lipinski definition) is 1. The minimum Gasteiger partial charge on any atom is -0.312 e. The van der Waals surface area contributed by atoms with Crippen LogP contribution >= 0.6 is 12.4 Å². The summed E-state index contributed by atoms with van der Waals surface area (Å²) in [5.74, 6) is -0.162. The van der Waals surface area contributed by atoms with Gasteiger partial charge in [-0.3, -0.25) is 0 Å². The Labute approximate surface area is 103 Å². The smallest absolute Gasteiger partial charge is 0.123 e. The molecule has 1 saturated carbocycles. The van der Waals surface area contributed by atoms with Gasteiger partial charge in [0.2, 0.25) is 0 Å². The van der Waals surface area contributed by atoms with Crippen LogP contribution < -0.4 is 5.32 Å². The number of halogens is 2. The van der Waals surface area contributed by atoms with Gasteiger partial charge in [-0.05, 0) is 36.0 Å². The van der Waals surface area contributed by atoms with Crippen LogP contribution in [0.1, 0.15) is 31.7 Å². The minimum atomic E-state index is -0.162. The van der Waals surface area contributed by atoms with E-state index in [1.54, 1.807) is 0 Å². The quantitative estimate of drug-likeness (QED) is 0.853. The average Bonchev–Trinajstić information content (AvgIpc) is 2.19. The standard InChI is InChI=1S/C13H18FN.ClH/c1-13(7-2-8-13)10-15-9-11-3-5-12(14)6-4-11;/h3-6,15H,2,7-10H2,1H3;1H. The predicted molar refractivity (Wildman–Crippen MR) is 67.3 cm³/mol. The number of rotatable bonds is 4. The van der Waals surface area contributed by atoms with Crippen LogP contribution in [0.15, 0.2) is 24.3 Å². The molecule has 3 heteroatoms. The lowest BCUT2D eigenvalue weighted by Crippen LogP contribution is -2.36. The van der Waals surface area contributed by atoms with Gasteiger partial charge in [-0.25, -0.2) is 4.39 Å². The Hall–Kier alpha value is -0.600. The van der Waals surface area contributed by atoms with Gasteiger partial charge in [-0.15, -0.1) is 12.4 Å². The normalized spacial score (nSPS) is 17.4. The van der Waals surface area contributed by atoms with Gasteiger partial charge in [0.1, 0.15) is 5.82 Å². The van der Waals surface area contributed by atoms with Crippen molar-refractivity contribution in [1.82, 2.24) is 5.32 Å². The number of hydrogen-bond acceptors (Lipinski definition) is 1. The van der Waals surface area contributed by atoms with E-state index in [2.05, 4.69) is 12.2 Å². The lowest BCUT2D eigenvalue weighted by atomic mass is 9.70. The van der Waals surface area contributed by atoms with Crippen LogP contribution in [0.4, 0.5) is 4.39 Å². The highest BCUT2D eigenvalue weighted by atomic mass is 35.5. The van der Waals surface area contributed by atoms with Crippen LogP contribution in [0.25, 0.3) is 0 Å². The molecule has 90 valence electrons. The van der Waals surface area contributed by atoms with Gasteiger partial charge < -0.3 is 5.32 Å². The Morgan fingerprint density at radius 2 is 1.88 bits per heavy atom. The van der Waals surface area contributed by atoms with Crippen molar-refractivity contribution in [3.63, 3.8) is 0 Å². The molecule has 1 fully saturated rings. The second-order valence-corrected chi connectivity index (χ2v) is 4.89. The third-order valence-electron chi connectivity index (χ3n) is 3.35. The largest absolute Gasteiger partial charge is 0.312 e. The molecule has 1 aromatic carbocycles. The molecule has 0 radical (unpaired) electrons. The highest BCUT2D eigenvalue weighted by molar-refractivity contribution is 5.85. The van der Waals surface area contributed by atoms with Gasteiger partial charge in [-0.1, -0.05) is 25.5 Å². The summed E-state index contributed by atoms with van der Waals surface area (Å²) in [4.78, 5) is 0. The maximum atomic E-state index is 12.6. The molecular weight excluding hydrogens is 225 g/mol. The third-order valence-corrected chi connectivity index (χ3v) is 3.35. The summed E-state index contributed by atoms with van der Waals surface area (Å²) in [5, 5.41) is 3.44. The molecule has 1 aliphatic rings. The van der Waals surface area contributed by atoms with Crippen molar-refractivity contribution in [3.8, 4) is 0 Å². The van der Waals surface area contributed by atoms with E-state index in [9.17, 15) is 4.39 Å². The molecule has 0 atom stereocenters. The molecule has 16 heavy (non-hydrogen) atoms. The SMILES string of the molecule is CC1(CNCc2ccc(F)cc2)CCC1.Cl. The van der Waals surface area contributed by atoms with E-state index in [0.29, 0.717) is 5.41 Å². The highest BCUT2D eigenvalue weighted by Gasteiger charge is 2.30. The van der Waals surface area contributed by atoms with Gasteiger partial charge in [0.15, 0.2) is 0 Å². The summed E-state index contributed by atoms with van der Waals surface area (Å²) in [6.45, 7) is 4.24. The molecule has 1 aliphatic carbocycles. The van der Waals surface area contributed by atoms with Crippen molar-refractivity contribution in [1.29, 1.82) is 0 Å². The Kier molecular flexibility index (Phi) is 4.75. The van der Waals surface area contributed by atoms with Crippen LogP contribution in [-0.2, 0) is 6.54 Å². The van der Waals surface area contributed by atoms with Crippen molar-refractivity contribution < 1.29 is 4.39 Å². The van der Waals surface area contributed by atoms with Crippen molar-refractivity contribution in [2.24, 2.45) is 5.41 Å². The zero-order valence-corrected chi connectivity index (χ0v) is 10.4. The third kappa shape index (κ3) is 3.46. The maximum absolute atomic E-state index is 12.6. The fourth-order valence-electron chi connectivity index (χ4n) is 2.07. The van der Waals surface area contributed by atoms with E-state index in [0.717, 1.165) is 18.7 Å². The molecule has 2 rings (SSSR count). The Balaban J connectivity index is 0.00000128. The van der Waals surface area contributed by atoms with Gasteiger partial charge in [0, 0.05) is 13.1 Å². The molecule has 0 unspecified atom stereocenters. The lowest BCUT2D eigenvalue weighted by Gasteiger charge is -2.38. The first-order valence-electron chi connectivity index (χ1n) is 5.63. The number of nitrogens with one attached hydrogen (secondary N) is 1. The van der Waals surface area contributed by atoms with Gasteiger partial charge in [0.25, 0.3) is 0 Å². The average molecular weight is 244 g/mol. The van der Waals surface area contributed by atoms with Crippen molar-refractivity contribution in [2.45, 2.75) is 32.7 Å². The second kappa shape index (κ2) is 5.65. The van der Waals surface area contributed by atoms with E-state index in [4.69, 9.17) is 0 Å². The summed E-state index contributed by atoms with van der Waals surface area (Å²) in [6.07, 6.45) is 4.04. The molecule has 0 aliphatic heterocycles. The van der Waals surface area contributed by atoms with Gasteiger partial charge >= 0.3 is 0 Å². The van der Waals surface area contributed by atoms with E-state index < -0.39 is 0 Å². The van der Waals surface area contributed by atoms with Crippen molar-refractivity contribution in [2.75, 3.05) is 6.54 Å². The summed E-state index contributed by atoms with van der Waals surface area (Å²) < 4.78 is 12.6. The van der Waals surface area contributed by atoms with E-state index in [-0.39, 0.29) is 18.2 Å². The Morgan fingerprint density at radius 1 is 1.25 bits per heavy atom. The predicted octanol–water partition coefficient (Wildman–Crippen LogP) is 3.53. The molecule has 1 nitrogen and oxygen atoms in total. The molecule has 0 heterocycles. The molecule has 0 amide bonds. The summed E-state index contributed by atoms with van der Waals surface area (Å²) >= 11 is 0. The van der Waals surface area contributed by atoms with Crippen LogP contribution in [0, 0.1) is 11.2 Å². The highest BCUT2D eigenvalue weighted by Crippen LogP contribution is 2.39. The molecule has 0 spiro atoms. The van der Waals surface area contributed by atoms with Gasteiger partial charge in [0.05, 0.1) is 0 Å². The maximum Gasteiger partial charge on any atom is 0.123 e. The zero-order valence-electron chi connectivity index (χ0n) is 9.63. The monoisotopic (exact) mass is 243 g/mol. The van der Waals surface area contributed by atoms with Crippen molar-refractivity contribution in [3.05, 3.63) is 35.6 Å². The van der Waals surface area contributed by atoms with E-state index in [1.807, 2.05) is 12.1 Å². The second-order valence-electron chi connectivity index (χ2n) is 4.89. The van der Waals surface area contributed by atoms with E-state index >= 15 is 0 Å². The molecular formula is C13H19ClFN. The Morgan fingerprint density at radius 3 is 2.38 bits per heavy atom. The first-order valence-corrected chi connectivity index (χ1v) is 5.63. The van der Waals surface area contributed by atoms with Gasteiger partial charge in [-0.2, -0.15) is 0 Å². The lowest BCUT2D eigenvalue weighted by molar-refractivity contribution is 0.156. The number of benzene rings is 1. The Bertz CT molecular complexity index is 319. The minimum absolute atomic E-state index is 0. The molecule has 0 bridgehead atoms. The molecule has 1 N–H and O–H groups in total. The zero-order chi connectivity index (χ0) is 10.7. The van der Waals surface area contributed by atoms with Crippen LogP contribution in [0.5, 0.6) is 0 Å². The first kappa shape index (κ1) is 13.5. The van der Waals surface area contributed by atoms with E-state index in [1.165, 1.54) is 31.4 Å². The fourth-order valence-corrected chi connectivity index (χ4v) is 2.07. The molecule has 1 aromatic rings. The van der Waals surface area contributed by atoms with Crippen LogP contribution in [0.2, 0.25) is 0 Å². The first-order chi connectivity index (χ1) is 7.18.